The topological polar surface area (TPSA) is 99.5 Å². The van der Waals surface area contributed by atoms with Gasteiger partial charge in [0, 0.05) is 18.9 Å². The molecule has 1 N–H and O–H groups in total. The second-order valence-electron chi connectivity index (χ2n) is 5.50. The highest BCUT2D eigenvalue weighted by Gasteiger charge is 2.29. The van der Waals surface area contributed by atoms with Crippen LogP contribution in [0.2, 0.25) is 0 Å². The van der Waals surface area contributed by atoms with Crippen LogP contribution in [0.15, 0.2) is 47.4 Å². The molecule has 3 rings (SSSR count). The zero-order chi connectivity index (χ0) is 18.5. The van der Waals surface area contributed by atoms with Gasteiger partial charge in [-0.25, -0.2) is 9.59 Å². The molecule has 2 aromatic rings. The number of anilines is 1. The number of thioether (sulfide) groups is 1. The minimum Gasteiger partial charge on any atom is -0.458 e. The predicted octanol–water partition coefficient (Wildman–Crippen LogP) is 1.65. The van der Waals surface area contributed by atoms with E-state index in [9.17, 15) is 14.4 Å². The third-order valence-corrected chi connectivity index (χ3v) is 4.63. The molecule has 0 unspecified atom stereocenters. The summed E-state index contributed by atoms with van der Waals surface area (Å²) in [4.78, 5) is 38.8. The zero-order valence-corrected chi connectivity index (χ0v) is 14.8. The smallest absolute Gasteiger partial charge is 0.351 e. The minimum absolute atomic E-state index is 0.0844. The maximum Gasteiger partial charge on any atom is 0.351 e. The molecule has 1 amide bonds. The normalized spacial score (nSPS) is 19.1. The number of esters is 1. The van der Waals surface area contributed by atoms with Crippen molar-refractivity contribution in [3.8, 4) is 0 Å². The van der Waals surface area contributed by atoms with Crippen LogP contribution in [0.4, 0.5) is 5.82 Å². The van der Waals surface area contributed by atoms with Crippen LogP contribution in [0.1, 0.15) is 23.5 Å². The van der Waals surface area contributed by atoms with Gasteiger partial charge in [-0.15, -0.1) is 11.8 Å². The van der Waals surface area contributed by atoms with E-state index in [-0.39, 0.29) is 23.8 Å². The molecule has 2 heterocycles. The summed E-state index contributed by atoms with van der Waals surface area (Å²) in [5.74, 6) is -0.00802. The maximum atomic E-state index is 12.1. The SMILES string of the molecule is CC(=O)Nc1ccn([C@@H]2CS[C@@H](COC(=O)c3ccccc3)O2)c(=O)n1. The Morgan fingerprint density at radius 1 is 1.35 bits per heavy atom. The van der Waals surface area contributed by atoms with Gasteiger partial charge in [-0.3, -0.25) is 9.36 Å². The number of nitrogens with zero attached hydrogens (tertiary/aromatic N) is 2. The molecule has 0 aliphatic carbocycles. The van der Waals surface area contributed by atoms with Crippen LogP contribution in [0.25, 0.3) is 0 Å². The second kappa shape index (κ2) is 8.15. The molecule has 136 valence electrons. The molecule has 2 atom stereocenters. The number of carbonyl (C=O) groups is 2. The summed E-state index contributed by atoms with van der Waals surface area (Å²) in [5.41, 5.74) is -0.417. The van der Waals surface area contributed by atoms with E-state index in [1.165, 1.54) is 35.5 Å². The van der Waals surface area contributed by atoms with Gasteiger partial charge in [-0.05, 0) is 18.2 Å². The number of nitrogens with one attached hydrogen (secondary N) is 1. The van der Waals surface area contributed by atoms with E-state index in [1.54, 1.807) is 24.3 Å². The third kappa shape index (κ3) is 4.50. The van der Waals surface area contributed by atoms with Crippen molar-refractivity contribution in [1.82, 2.24) is 9.55 Å². The van der Waals surface area contributed by atoms with Gasteiger partial charge in [0.05, 0.1) is 5.56 Å². The summed E-state index contributed by atoms with van der Waals surface area (Å²) < 4.78 is 12.4. The highest BCUT2D eigenvalue weighted by Crippen LogP contribution is 2.31. The quantitative estimate of drug-likeness (QED) is 0.793. The Hall–Kier alpha value is -2.65. The molecule has 1 fully saturated rings. The Kier molecular flexibility index (Phi) is 5.69. The van der Waals surface area contributed by atoms with Crippen molar-refractivity contribution in [1.29, 1.82) is 0 Å². The molecule has 0 radical (unpaired) electrons. The van der Waals surface area contributed by atoms with Gasteiger partial charge in [0.1, 0.15) is 24.1 Å². The fraction of sp³-hybridized carbons (Fsp3) is 0.294. The first kappa shape index (κ1) is 18.2. The van der Waals surface area contributed by atoms with Crippen molar-refractivity contribution in [2.24, 2.45) is 0 Å². The molecule has 1 aliphatic rings. The van der Waals surface area contributed by atoms with E-state index >= 15 is 0 Å². The standard InChI is InChI=1S/C17H17N3O5S/c1-11(21)18-13-7-8-20(17(23)19-13)14-10-26-15(25-14)9-24-16(22)12-5-3-2-4-6-12/h2-8,14-15H,9-10H2,1H3,(H,18,19,21,23)/t14-,15-/m0/s1. The Morgan fingerprint density at radius 3 is 2.81 bits per heavy atom. The first-order chi connectivity index (χ1) is 12.5. The monoisotopic (exact) mass is 375 g/mol. The van der Waals surface area contributed by atoms with Gasteiger partial charge in [0.15, 0.2) is 0 Å². The molecule has 9 heteroatoms. The number of rotatable bonds is 5. The molecular formula is C17H17N3O5S. The number of hydrogen-bond donors (Lipinski definition) is 1. The van der Waals surface area contributed by atoms with Crippen LogP contribution in [-0.4, -0.2) is 39.2 Å². The summed E-state index contributed by atoms with van der Waals surface area (Å²) in [6.45, 7) is 1.42. The average molecular weight is 375 g/mol. The van der Waals surface area contributed by atoms with Crippen LogP contribution in [0, 0.1) is 0 Å². The van der Waals surface area contributed by atoms with Crippen LogP contribution in [-0.2, 0) is 14.3 Å². The molecule has 26 heavy (non-hydrogen) atoms. The van der Waals surface area contributed by atoms with Crippen LogP contribution in [0.5, 0.6) is 0 Å². The maximum absolute atomic E-state index is 12.1. The van der Waals surface area contributed by atoms with Crippen molar-refractivity contribution in [3.63, 3.8) is 0 Å². The molecule has 1 aromatic carbocycles. The lowest BCUT2D eigenvalue weighted by Gasteiger charge is -2.15. The van der Waals surface area contributed by atoms with Crippen LogP contribution >= 0.6 is 11.8 Å². The van der Waals surface area contributed by atoms with Crippen molar-refractivity contribution >= 4 is 29.5 Å². The van der Waals surface area contributed by atoms with Gasteiger partial charge in [0.25, 0.3) is 0 Å². The van der Waals surface area contributed by atoms with Gasteiger partial charge in [0.2, 0.25) is 5.91 Å². The first-order valence-electron chi connectivity index (χ1n) is 7.89. The number of ether oxygens (including phenoxy) is 2. The number of carbonyl (C=O) groups excluding carboxylic acids is 2. The summed E-state index contributed by atoms with van der Waals surface area (Å²) in [5, 5.41) is 2.45. The molecule has 1 aliphatic heterocycles. The van der Waals surface area contributed by atoms with E-state index in [0.29, 0.717) is 11.3 Å². The van der Waals surface area contributed by atoms with Crippen molar-refractivity contribution in [2.45, 2.75) is 18.6 Å². The highest BCUT2D eigenvalue weighted by molar-refractivity contribution is 8.00. The molecule has 1 saturated heterocycles. The van der Waals surface area contributed by atoms with Gasteiger partial charge < -0.3 is 14.8 Å². The zero-order valence-electron chi connectivity index (χ0n) is 14.0. The lowest BCUT2D eigenvalue weighted by atomic mass is 10.2. The van der Waals surface area contributed by atoms with Gasteiger partial charge in [-0.2, -0.15) is 4.98 Å². The second-order valence-corrected chi connectivity index (χ2v) is 6.69. The third-order valence-electron chi connectivity index (χ3n) is 3.54. The number of amides is 1. The molecule has 0 bridgehead atoms. The lowest BCUT2D eigenvalue weighted by Crippen LogP contribution is -2.29. The van der Waals surface area contributed by atoms with E-state index in [2.05, 4.69) is 10.3 Å². The Labute approximate surface area is 153 Å². The van der Waals surface area contributed by atoms with E-state index in [1.807, 2.05) is 6.07 Å². The average Bonchev–Trinajstić information content (AvgIpc) is 3.08. The van der Waals surface area contributed by atoms with Crippen LogP contribution < -0.4 is 11.0 Å². The highest BCUT2D eigenvalue weighted by atomic mass is 32.2. The summed E-state index contributed by atoms with van der Waals surface area (Å²) in [7, 11) is 0. The Bertz CT molecular complexity index is 855. The summed E-state index contributed by atoms with van der Waals surface area (Å²) >= 11 is 1.45. The molecular weight excluding hydrogens is 358 g/mol. The van der Waals surface area contributed by atoms with Crippen LogP contribution in [0.3, 0.4) is 0 Å². The minimum atomic E-state index is -0.524. The number of aromatic nitrogens is 2. The fourth-order valence-electron chi connectivity index (χ4n) is 2.36. The van der Waals surface area contributed by atoms with Crippen molar-refractivity contribution in [3.05, 3.63) is 58.6 Å². The largest absolute Gasteiger partial charge is 0.458 e. The summed E-state index contributed by atoms with van der Waals surface area (Å²) in [6, 6.07) is 10.2. The predicted molar refractivity (Wildman–Crippen MR) is 95.9 cm³/mol. The lowest BCUT2D eigenvalue weighted by molar-refractivity contribution is -0.114. The van der Waals surface area contributed by atoms with E-state index in [0.717, 1.165) is 0 Å². The van der Waals surface area contributed by atoms with Gasteiger partial charge in [-0.1, -0.05) is 18.2 Å². The number of benzene rings is 1. The first-order valence-corrected chi connectivity index (χ1v) is 8.94. The Balaban J connectivity index is 1.56. The van der Waals surface area contributed by atoms with Gasteiger partial charge >= 0.3 is 11.7 Å². The van der Waals surface area contributed by atoms with E-state index in [4.69, 9.17) is 9.47 Å². The summed E-state index contributed by atoms with van der Waals surface area (Å²) in [6.07, 6.45) is 1.01. The Morgan fingerprint density at radius 2 is 2.12 bits per heavy atom. The fourth-order valence-corrected chi connectivity index (χ4v) is 3.35. The molecule has 0 saturated carbocycles. The molecule has 8 nitrogen and oxygen atoms in total. The molecule has 1 aromatic heterocycles. The van der Waals surface area contributed by atoms with E-state index < -0.39 is 17.9 Å². The molecule has 0 spiro atoms. The van der Waals surface area contributed by atoms with Crippen molar-refractivity contribution in [2.75, 3.05) is 17.7 Å². The van der Waals surface area contributed by atoms with Crippen molar-refractivity contribution < 1.29 is 19.1 Å². The number of hydrogen-bond acceptors (Lipinski definition) is 7.